The molecule has 1 aliphatic rings. The van der Waals surface area contributed by atoms with Gasteiger partial charge in [0, 0.05) is 25.3 Å². The summed E-state index contributed by atoms with van der Waals surface area (Å²) in [5.74, 6) is 0.0360. The molecule has 0 unspecified atom stereocenters. The first-order valence-electron chi connectivity index (χ1n) is 9.68. The highest BCUT2D eigenvalue weighted by Gasteiger charge is 2.34. The zero-order valence-corrected chi connectivity index (χ0v) is 17.8. The Balaban J connectivity index is 1.67. The smallest absolute Gasteiger partial charge is 0.263 e. The number of hydrogen-bond acceptors (Lipinski definition) is 5. The minimum atomic E-state index is -3.52. The molecule has 0 aromatic heterocycles. The van der Waals surface area contributed by atoms with E-state index in [1.54, 1.807) is 24.3 Å². The van der Waals surface area contributed by atoms with E-state index < -0.39 is 16.1 Å². The molecule has 0 fully saturated rings. The number of nitrogens with one attached hydrogen (secondary N) is 1. The third-order valence-corrected chi connectivity index (χ3v) is 6.11. The molecule has 1 aliphatic heterocycles. The van der Waals surface area contributed by atoms with Crippen molar-refractivity contribution in [1.82, 2.24) is 5.32 Å². The molecule has 3 rings (SSSR count). The van der Waals surface area contributed by atoms with Crippen LogP contribution in [0.1, 0.15) is 19.4 Å². The van der Waals surface area contributed by atoms with Gasteiger partial charge in [-0.2, -0.15) is 0 Å². The molecular weight excluding hydrogens is 390 g/mol. The van der Waals surface area contributed by atoms with Gasteiger partial charge in [-0.3, -0.25) is 9.10 Å². The van der Waals surface area contributed by atoms with Gasteiger partial charge in [-0.05, 0) is 43.7 Å². The van der Waals surface area contributed by atoms with E-state index in [9.17, 15) is 13.2 Å². The number of para-hydroxylation sites is 2. The Morgan fingerprint density at radius 3 is 2.41 bits per heavy atom. The second-order valence-corrected chi connectivity index (χ2v) is 8.83. The lowest BCUT2D eigenvalue weighted by Gasteiger charge is -2.33. The van der Waals surface area contributed by atoms with Gasteiger partial charge < -0.3 is 15.0 Å². The molecule has 0 spiro atoms. The van der Waals surface area contributed by atoms with Gasteiger partial charge in [0.1, 0.15) is 5.75 Å². The summed E-state index contributed by atoms with van der Waals surface area (Å²) >= 11 is 0. The molecule has 1 atom stereocenters. The molecule has 1 amide bonds. The lowest BCUT2D eigenvalue weighted by atomic mass is 10.1. The highest BCUT2D eigenvalue weighted by Crippen LogP contribution is 2.34. The Labute approximate surface area is 172 Å². The van der Waals surface area contributed by atoms with Crippen molar-refractivity contribution in [3.63, 3.8) is 0 Å². The summed E-state index contributed by atoms with van der Waals surface area (Å²) in [6.45, 7) is 6.38. The van der Waals surface area contributed by atoms with Crippen LogP contribution in [-0.4, -0.2) is 46.3 Å². The normalized spacial score (nSPS) is 16.0. The zero-order chi connectivity index (χ0) is 21.0. The molecule has 1 N–H and O–H groups in total. The molecule has 0 saturated carbocycles. The fraction of sp³-hybridized carbons (Fsp3) is 0.381. The maximum Gasteiger partial charge on any atom is 0.263 e. The quantitative estimate of drug-likeness (QED) is 0.748. The number of benzene rings is 2. The van der Waals surface area contributed by atoms with E-state index in [0.717, 1.165) is 30.6 Å². The first-order valence-corrected chi connectivity index (χ1v) is 11.5. The summed E-state index contributed by atoms with van der Waals surface area (Å²) in [7, 11) is -3.52. The van der Waals surface area contributed by atoms with Crippen LogP contribution in [-0.2, 0) is 21.4 Å². The van der Waals surface area contributed by atoms with Crippen LogP contribution in [0.2, 0.25) is 0 Å². The number of nitrogens with zero attached hydrogens (tertiary/aromatic N) is 2. The molecule has 156 valence electrons. The Bertz CT molecular complexity index is 956. The van der Waals surface area contributed by atoms with Gasteiger partial charge in [-0.1, -0.05) is 24.3 Å². The van der Waals surface area contributed by atoms with Gasteiger partial charge in [-0.25, -0.2) is 8.42 Å². The van der Waals surface area contributed by atoms with Crippen LogP contribution < -0.4 is 19.3 Å². The molecular formula is C21H27N3O4S. The second kappa shape index (κ2) is 8.73. The molecule has 2 aromatic rings. The maximum absolute atomic E-state index is 12.7. The van der Waals surface area contributed by atoms with Crippen molar-refractivity contribution in [2.24, 2.45) is 0 Å². The monoisotopic (exact) mass is 417 g/mol. The number of ether oxygens (including phenoxy) is 1. The van der Waals surface area contributed by atoms with Gasteiger partial charge >= 0.3 is 0 Å². The number of sulfonamides is 1. The Morgan fingerprint density at radius 1 is 1.14 bits per heavy atom. The third kappa shape index (κ3) is 4.82. The predicted octanol–water partition coefficient (Wildman–Crippen LogP) is 2.38. The molecule has 1 heterocycles. The average Bonchev–Trinajstić information content (AvgIpc) is 2.72. The van der Waals surface area contributed by atoms with E-state index in [4.69, 9.17) is 4.74 Å². The van der Waals surface area contributed by atoms with Crippen LogP contribution >= 0.6 is 0 Å². The highest BCUT2D eigenvalue weighted by atomic mass is 32.2. The summed E-state index contributed by atoms with van der Waals surface area (Å²) in [5, 5.41) is 2.85. The van der Waals surface area contributed by atoms with Crippen LogP contribution in [0.15, 0.2) is 48.5 Å². The van der Waals surface area contributed by atoms with E-state index in [0.29, 0.717) is 18.0 Å². The van der Waals surface area contributed by atoms with Crippen LogP contribution in [0.4, 0.5) is 11.4 Å². The molecule has 0 bridgehead atoms. The van der Waals surface area contributed by atoms with E-state index >= 15 is 0 Å². The van der Waals surface area contributed by atoms with Crippen molar-refractivity contribution in [3.05, 3.63) is 54.1 Å². The van der Waals surface area contributed by atoms with Crippen molar-refractivity contribution < 1.29 is 17.9 Å². The number of hydrogen-bond donors (Lipinski definition) is 1. The molecule has 29 heavy (non-hydrogen) atoms. The second-order valence-electron chi connectivity index (χ2n) is 6.92. The van der Waals surface area contributed by atoms with E-state index in [2.05, 4.69) is 24.1 Å². The minimum absolute atomic E-state index is 0.0530. The van der Waals surface area contributed by atoms with E-state index in [1.165, 1.54) is 4.31 Å². The standard InChI is InChI=1S/C21H27N3O4S/c1-4-23(5-2)17-12-10-16(11-13-17)14-22-21(25)20-15-24(29(3,26)27)18-8-6-7-9-19(18)28-20/h6-13,20H,4-5,14-15H2,1-3H3,(H,22,25)/t20-/m0/s1. The van der Waals surface area contributed by atoms with Crippen molar-refractivity contribution in [3.8, 4) is 5.75 Å². The SMILES string of the molecule is CCN(CC)c1ccc(CNC(=O)[C@@H]2CN(S(C)(=O)=O)c3ccccc3O2)cc1. The number of fused-ring (bicyclic) bond motifs is 1. The maximum atomic E-state index is 12.7. The average molecular weight is 418 g/mol. The van der Waals surface area contributed by atoms with Crippen molar-refractivity contribution in [1.29, 1.82) is 0 Å². The molecule has 0 saturated heterocycles. The van der Waals surface area contributed by atoms with Crippen LogP contribution in [0, 0.1) is 0 Å². The Morgan fingerprint density at radius 2 is 1.79 bits per heavy atom. The molecule has 8 heteroatoms. The zero-order valence-electron chi connectivity index (χ0n) is 17.0. The number of carbonyl (C=O) groups is 1. The summed E-state index contributed by atoms with van der Waals surface area (Å²) < 4.78 is 31.3. The summed E-state index contributed by atoms with van der Waals surface area (Å²) in [5.41, 5.74) is 2.55. The van der Waals surface area contributed by atoms with Crippen LogP contribution in [0.3, 0.4) is 0 Å². The van der Waals surface area contributed by atoms with Crippen molar-refractivity contribution >= 4 is 27.3 Å². The Kier molecular flexibility index (Phi) is 6.32. The summed E-state index contributed by atoms with van der Waals surface area (Å²) in [6, 6.07) is 14.8. The van der Waals surface area contributed by atoms with Gasteiger partial charge in [0.15, 0.2) is 6.10 Å². The number of rotatable bonds is 7. The molecule has 0 aliphatic carbocycles. The van der Waals surface area contributed by atoms with Crippen molar-refractivity contribution in [2.75, 3.05) is 35.1 Å². The summed E-state index contributed by atoms with van der Waals surface area (Å²) in [6.07, 6.45) is 0.219. The van der Waals surface area contributed by atoms with Gasteiger partial charge in [0.2, 0.25) is 10.0 Å². The minimum Gasteiger partial charge on any atom is -0.476 e. The van der Waals surface area contributed by atoms with Gasteiger partial charge in [0.25, 0.3) is 5.91 Å². The topological polar surface area (TPSA) is 79.0 Å². The molecule has 7 nitrogen and oxygen atoms in total. The first-order chi connectivity index (χ1) is 13.8. The predicted molar refractivity (Wildman–Crippen MR) is 115 cm³/mol. The molecule has 0 radical (unpaired) electrons. The van der Waals surface area contributed by atoms with E-state index in [-0.39, 0.29) is 12.5 Å². The first kappa shape index (κ1) is 21.0. The van der Waals surface area contributed by atoms with E-state index in [1.807, 2.05) is 24.3 Å². The van der Waals surface area contributed by atoms with Gasteiger partial charge in [0.05, 0.1) is 18.5 Å². The Hall–Kier alpha value is -2.74. The number of anilines is 2. The lowest BCUT2D eigenvalue weighted by Crippen LogP contribution is -2.50. The largest absolute Gasteiger partial charge is 0.476 e. The van der Waals surface area contributed by atoms with Crippen LogP contribution in [0.5, 0.6) is 5.75 Å². The fourth-order valence-corrected chi connectivity index (χ4v) is 4.28. The summed E-state index contributed by atoms with van der Waals surface area (Å²) in [4.78, 5) is 14.9. The fourth-order valence-electron chi connectivity index (χ4n) is 3.37. The number of carbonyl (C=O) groups excluding carboxylic acids is 1. The van der Waals surface area contributed by atoms with Gasteiger partial charge in [-0.15, -0.1) is 0 Å². The lowest BCUT2D eigenvalue weighted by molar-refractivity contribution is -0.127. The third-order valence-electron chi connectivity index (χ3n) is 4.96. The molecule has 2 aromatic carbocycles. The van der Waals surface area contributed by atoms with Crippen LogP contribution in [0.25, 0.3) is 0 Å². The number of amides is 1. The van der Waals surface area contributed by atoms with Crippen molar-refractivity contribution in [2.45, 2.75) is 26.5 Å². The highest BCUT2D eigenvalue weighted by molar-refractivity contribution is 7.92.